The fraction of sp³-hybridized carbons (Fsp3) is 0.278. The summed E-state index contributed by atoms with van der Waals surface area (Å²) in [6, 6.07) is 7.24. The SMILES string of the molecule is Cc1nn(C)c2nc(O[C@@H](C)C(=O)Nc3cccc(Cl)c3)cc(C(F)(F)F)c12. The quantitative estimate of drug-likeness (QED) is 0.691. The predicted octanol–water partition coefficient (Wildman–Crippen LogP) is 4.35. The second kappa shape index (κ2) is 7.31. The number of ether oxygens (including phenoxy) is 1. The summed E-state index contributed by atoms with van der Waals surface area (Å²) in [5.41, 5.74) is -0.254. The standard InChI is InChI=1S/C18H16ClF3N4O2/c1-9-15-13(18(20,21)22)8-14(24-16(15)26(3)25-9)28-10(2)17(27)23-12-6-4-5-11(19)7-12/h4-8,10H,1-3H3,(H,23,27)/t10-/m0/s1. The molecule has 0 aliphatic carbocycles. The Labute approximate surface area is 163 Å². The van der Waals surface area contributed by atoms with Gasteiger partial charge in [-0.25, -0.2) is 0 Å². The third-order valence-corrected chi connectivity index (χ3v) is 4.24. The highest BCUT2D eigenvalue weighted by Crippen LogP contribution is 2.37. The lowest BCUT2D eigenvalue weighted by atomic mass is 10.1. The van der Waals surface area contributed by atoms with E-state index in [1.807, 2.05) is 0 Å². The number of amides is 1. The number of nitrogens with one attached hydrogen (secondary N) is 1. The first-order chi connectivity index (χ1) is 13.1. The van der Waals surface area contributed by atoms with Gasteiger partial charge in [0.25, 0.3) is 5.91 Å². The molecular weight excluding hydrogens is 397 g/mol. The number of hydrogen-bond acceptors (Lipinski definition) is 4. The predicted molar refractivity (Wildman–Crippen MR) is 98.4 cm³/mol. The van der Waals surface area contributed by atoms with Gasteiger partial charge in [-0.05, 0) is 32.0 Å². The number of fused-ring (bicyclic) bond motifs is 1. The molecule has 3 rings (SSSR count). The Morgan fingerprint density at radius 2 is 2.04 bits per heavy atom. The van der Waals surface area contributed by atoms with Crippen LogP contribution in [0.2, 0.25) is 5.02 Å². The first-order valence-corrected chi connectivity index (χ1v) is 8.58. The number of carbonyl (C=O) groups is 1. The van der Waals surface area contributed by atoms with Crippen LogP contribution in [0.25, 0.3) is 11.0 Å². The number of halogens is 4. The molecule has 0 saturated carbocycles. The fourth-order valence-corrected chi connectivity index (χ4v) is 2.94. The van der Waals surface area contributed by atoms with Gasteiger partial charge in [0.15, 0.2) is 11.8 Å². The summed E-state index contributed by atoms with van der Waals surface area (Å²) in [7, 11) is 1.49. The number of pyridine rings is 1. The van der Waals surface area contributed by atoms with E-state index in [1.165, 1.54) is 31.6 Å². The van der Waals surface area contributed by atoms with E-state index in [-0.39, 0.29) is 22.6 Å². The molecule has 1 atom stereocenters. The van der Waals surface area contributed by atoms with Crippen LogP contribution < -0.4 is 10.1 Å². The van der Waals surface area contributed by atoms with Gasteiger partial charge in [-0.15, -0.1) is 0 Å². The first kappa shape index (κ1) is 19.9. The molecule has 0 saturated heterocycles. The highest BCUT2D eigenvalue weighted by molar-refractivity contribution is 6.30. The topological polar surface area (TPSA) is 69.0 Å². The van der Waals surface area contributed by atoms with Gasteiger partial charge >= 0.3 is 6.18 Å². The summed E-state index contributed by atoms with van der Waals surface area (Å²) >= 11 is 5.86. The van der Waals surface area contributed by atoms with E-state index in [0.29, 0.717) is 10.7 Å². The van der Waals surface area contributed by atoms with Crippen LogP contribution in [-0.2, 0) is 18.0 Å². The van der Waals surface area contributed by atoms with Crippen molar-refractivity contribution in [3.63, 3.8) is 0 Å². The number of aryl methyl sites for hydroxylation is 2. The number of alkyl halides is 3. The molecule has 0 aliphatic heterocycles. The molecule has 0 unspecified atom stereocenters. The Kier molecular flexibility index (Phi) is 5.20. The lowest BCUT2D eigenvalue weighted by Gasteiger charge is -2.16. The van der Waals surface area contributed by atoms with Crippen molar-refractivity contribution >= 4 is 34.2 Å². The highest BCUT2D eigenvalue weighted by atomic mass is 35.5. The maximum absolute atomic E-state index is 13.5. The molecule has 3 aromatic rings. The van der Waals surface area contributed by atoms with E-state index in [0.717, 1.165) is 6.07 Å². The van der Waals surface area contributed by atoms with Crippen LogP contribution in [0.4, 0.5) is 18.9 Å². The number of benzene rings is 1. The summed E-state index contributed by atoms with van der Waals surface area (Å²) in [6.45, 7) is 2.88. The molecule has 0 spiro atoms. The zero-order valence-corrected chi connectivity index (χ0v) is 15.9. The fourth-order valence-electron chi connectivity index (χ4n) is 2.75. The van der Waals surface area contributed by atoms with Crippen molar-refractivity contribution in [2.24, 2.45) is 7.05 Å². The van der Waals surface area contributed by atoms with Gasteiger partial charge in [0, 0.05) is 23.8 Å². The zero-order valence-electron chi connectivity index (χ0n) is 15.1. The van der Waals surface area contributed by atoms with Crippen molar-refractivity contribution in [3.05, 3.63) is 46.6 Å². The zero-order chi connectivity index (χ0) is 20.6. The summed E-state index contributed by atoms with van der Waals surface area (Å²) in [5.74, 6) is -0.879. The number of aromatic nitrogens is 3. The van der Waals surface area contributed by atoms with Crippen LogP contribution in [0.3, 0.4) is 0 Å². The Bertz CT molecular complexity index is 1050. The van der Waals surface area contributed by atoms with E-state index >= 15 is 0 Å². The lowest BCUT2D eigenvalue weighted by Crippen LogP contribution is -2.30. The van der Waals surface area contributed by atoms with E-state index in [9.17, 15) is 18.0 Å². The molecule has 28 heavy (non-hydrogen) atoms. The molecule has 1 N–H and O–H groups in total. The van der Waals surface area contributed by atoms with Crippen LogP contribution in [0.15, 0.2) is 30.3 Å². The largest absolute Gasteiger partial charge is 0.464 e. The molecule has 0 bridgehead atoms. The van der Waals surface area contributed by atoms with Crippen molar-refractivity contribution in [1.82, 2.24) is 14.8 Å². The monoisotopic (exact) mass is 412 g/mol. The van der Waals surface area contributed by atoms with Gasteiger partial charge in [0.1, 0.15) is 0 Å². The normalized spacial score (nSPS) is 12.8. The van der Waals surface area contributed by atoms with Gasteiger partial charge in [-0.1, -0.05) is 17.7 Å². The Morgan fingerprint density at radius 1 is 1.32 bits per heavy atom. The second-order valence-corrected chi connectivity index (χ2v) is 6.61. The van der Waals surface area contributed by atoms with Crippen LogP contribution in [-0.4, -0.2) is 26.8 Å². The molecular formula is C18H16ClF3N4O2. The summed E-state index contributed by atoms with van der Waals surface area (Å²) in [4.78, 5) is 16.4. The third kappa shape index (κ3) is 4.04. The van der Waals surface area contributed by atoms with E-state index < -0.39 is 23.8 Å². The van der Waals surface area contributed by atoms with E-state index in [2.05, 4.69) is 15.4 Å². The number of carbonyl (C=O) groups excluding carboxylic acids is 1. The lowest BCUT2D eigenvalue weighted by molar-refractivity contribution is -0.136. The van der Waals surface area contributed by atoms with Crippen molar-refractivity contribution in [2.75, 3.05) is 5.32 Å². The van der Waals surface area contributed by atoms with E-state index in [1.54, 1.807) is 18.2 Å². The number of nitrogens with zero attached hydrogens (tertiary/aromatic N) is 3. The molecule has 2 aromatic heterocycles. The van der Waals surface area contributed by atoms with Crippen LogP contribution in [0.1, 0.15) is 18.2 Å². The molecule has 0 aliphatic rings. The minimum Gasteiger partial charge on any atom is -0.464 e. The average molecular weight is 413 g/mol. The van der Waals surface area contributed by atoms with E-state index in [4.69, 9.17) is 16.3 Å². The maximum Gasteiger partial charge on any atom is 0.417 e. The molecule has 0 fully saturated rings. The van der Waals surface area contributed by atoms with Gasteiger partial charge in [-0.3, -0.25) is 9.48 Å². The molecule has 0 radical (unpaired) electrons. The Hall–Kier alpha value is -2.81. The molecule has 1 amide bonds. The third-order valence-electron chi connectivity index (χ3n) is 4.01. The van der Waals surface area contributed by atoms with Crippen molar-refractivity contribution in [1.29, 1.82) is 0 Å². The second-order valence-electron chi connectivity index (χ2n) is 6.17. The number of anilines is 1. The minimum absolute atomic E-state index is 0.0183. The van der Waals surface area contributed by atoms with Crippen LogP contribution >= 0.6 is 11.6 Å². The van der Waals surface area contributed by atoms with Crippen molar-refractivity contribution in [3.8, 4) is 5.88 Å². The van der Waals surface area contributed by atoms with Crippen molar-refractivity contribution in [2.45, 2.75) is 26.1 Å². The van der Waals surface area contributed by atoms with Gasteiger partial charge < -0.3 is 10.1 Å². The molecule has 1 aromatic carbocycles. The summed E-state index contributed by atoms with van der Waals surface area (Å²) < 4.78 is 47.1. The highest BCUT2D eigenvalue weighted by Gasteiger charge is 2.36. The van der Waals surface area contributed by atoms with Crippen molar-refractivity contribution < 1.29 is 22.7 Å². The minimum atomic E-state index is -4.63. The molecule has 6 nitrogen and oxygen atoms in total. The smallest absolute Gasteiger partial charge is 0.417 e. The molecule has 148 valence electrons. The Balaban J connectivity index is 1.89. The van der Waals surface area contributed by atoms with Crippen LogP contribution in [0, 0.1) is 6.92 Å². The average Bonchev–Trinajstić information content (AvgIpc) is 2.87. The number of hydrogen-bond donors (Lipinski definition) is 1. The van der Waals surface area contributed by atoms with Gasteiger partial charge in [-0.2, -0.15) is 23.3 Å². The number of rotatable bonds is 4. The molecule has 10 heteroatoms. The maximum atomic E-state index is 13.5. The summed E-state index contributed by atoms with van der Waals surface area (Å²) in [6.07, 6.45) is -5.72. The van der Waals surface area contributed by atoms with Gasteiger partial charge in [0.05, 0.1) is 16.6 Å². The van der Waals surface area contributed by atoms with Crippen LogP contribution in [0.5, 0.6) is 5.88 Å². The molecule has 2 heterocycles. The summed E-state index contributed by atoms with van der Waals surface area (Å²) in [5, 5.41) is 6.91. The first-order valence-electron chi connectivity index (χ1n) is 8.21. The van der Waals surface area contributed by atoms with Gasteiger partial charge in [0.2, 0.25) is 5.88 Å². The Morgan fingerprint density at radius 3 is 2.68 bits per heavy atom.